The van der Waals surface area contributed by atoms with Crippen LogP contribution < -0.4 is 0 Å². The Bertz CT molecular complexity index is 389. The summed E-state index contributed by atoms with van der Waals surface area (Å²) in [7, 11) is 0. The van der Waals surface area contributed by atoms with Crippen molar-refractivity contribution in [2.45, 2.75) is 80.1 Å². The molecule has 0 aliphatic carbocycles. The van der Waals surface area contributed by atoms with Crippen LogP contribution in [-0.2, 0) is 0 Å². The van der Waals surface area contributed by atoms with Crippen LogP contribution in [0.4, 0.5) is 0 Å². The molecule has 0 aromatic rings. The molecule has 0 aliphatic heterocycles. The molecule has 0 rings (SSSR count). The van der Waals surface area contributed by atoms with E-state index in [1.807, 2.05) is 0 Å². The predicted molar refractivity (Wildman–Crippen MR) is 103 cm³/mol. The van der Waals surface area contributed by atoms with Crippen molar-refractivity contribution in [1.82, 2.24) is 0 Å². The van der Waals surface area contributed by atoms with Crippen LogP contribution in [0, 0.1) is 0 Å². The Morgan fingerprint density at radius 1 is 0.545 bits per heavy atom. The van der Waals surface area contributed by atoms with Crippen LogP contribution in [0.25, 0.3) is 0 Å². The maximum absolute atomic E-state index is 2.35. The van der Waals surface area contributed by atoms with E-state index >= 15 is 0 Å². The fourth-order valence-electron chi connectivity index (χ4n) is 2.11. The molecule has 0 N–H and O–H groups in total. The Hall–Kier alpha value is -1.30. The van der Waals surface area contributed by atoms with E-state index in [4.69, 9.17) is 0 Å². The molecule has 0 aromatic carbocycles. The second kappa shape index (κ2) is 13.4. The average Bonchev–Trinajstić information content (AvgIpc) is 2.41. The van der Waals surface area contributed by atoms with Crippen molar-refractivity contribution in [1.29, 1.82) is 0 Å². The van der Waals surface area contributed by atoms with Gasteiger partial charge in [-0.25, -0.2) is 0 Å². The van der Waals surface area contributed by atoms with Gasteiger partial charge in [0.1, 0.15) is 0 Å². The third-order valence-corrected chi connectivity index (χ3v) is 3.55. The monoisotopic (exact) mass is 300 g/mol. The lowest BCUT2D eigenvalue weighted by molar-refractivity contribution is 0.956. The molecular weight excluding hydrogens is 264 g/mol. The van der Waals surface area contributed by atoms with Gasteiger partial charge >= 0.3 is 0 Å². The number of hydrogen-bond acceptors (Lipinski definition) is 0. The lowest BCUT2D eigenvalue weighted by atomic mass is 10.1. The molecule has 0 spiro atoms. The highest BCUT2D eigenvalue weighted by Gasteiger charge is 1.89. The third-order valence-electron chi connectivity index (χ3n) is 3.55. The van der Waals surface area contributed by atoms with E-state index in [9.17, 15) is 0 Å². The van der Waals surface area contributed by atoms with E-state index in [0.29, 0.717) is 0 Å². The van der Waals surface area contributed by atoms with Crippen LogP contribution in [0.1, 0.15) is 80.1 Å². The molecule has 0 aromatic heterocycles. The molecule has 0 saturated carbocycles. The molecule has 0 fully saturated rings. The topological polar surface area (TPSA) is 0 Å². The minimum absolute atomic E-state index is 1.06. The van der Waals surface area contributed by atoms with E-state index in [2.05, 4.69) is 78.0 Å². The molecule has 22 heavy (non-hydrogen) atoms. The molecule has 0 heterocycles. The van der Waals surface area contributed by atoms with Crippen molar-refractivity contribution in [2.24, 2.45) is 0 Å². The maximum atomic E-state index is 2.35. The smallest absolute Gasteiger partial charge is 0.0166 e. The van der Waals surface area contributed by atoms with Crippen molar-refractivity contribution in [3.63, 3.8) is 0 Å². The Labute approximate surface area is 139 Å². The van der Waals surface area contributed by atoms with Gasteiger partial charge in [-0.05, 0) is 80.1 Å². The third kappa shape index (κ3) is 15.1. The fourth-order valence-corrected chi connectivity index (χ4v) is 2.11. The highest BCUT2D eigenvalue weighted by Crippen LogP contribution is 2.09. The molecule has 0 amide bonds. The van der Waals surface area contributed by atoms with Crippen molar-refractivity contribution >= 4 is 0 Å². The molecule has 0 radical (unpaired) electrons. The van der Waals surface area contributed by atoms with Crippen LogP contribution in [-0.4, -0.2) is 0 Å². The molecule has 0 bridgehead atoms. The van der Waals surface area contributed by atoms with Crippen LogP contribution in [0.15, 0.2) is 58.7 Å². The summed E-state index contributed by atoms with van der Waals surface area (Å²) in [5, 5.41) is 0. The van der Waals surface area contributed by atoms with Gasteiger partial charge in [0.25, 0.3) is 0 Å². The molecular formula is C22H36. The summed E-state index contributed by atoms with van der Waals surface area (Å²) in [5.74, 6) is 0. The lowest BCUT2D eigenvalue weighted by Crippen LogP contribution is -1.78. The van der Waals surface area contributed by atoms with Crippen molar-refractivity contribution in [3.05, 3.63) is 58.7 Å². The van der Waals surface area contributed by atoms with Gasteiger partial charge in [-0.3, -0.25) is 0 Å². The largest absolute Gasteiger partial charge is 0.0856 e. The Morgan fingerprint density at radius 3 is 1.23 bits per heavy atom. The van der Waals surface area contributed by atoms with E-state index in [1.165, 1.54) is 48.0 Å². The van der Waals surface area contributed by atoms with E-state index < -0.39 is 0 Å². The van der Waals surface area contributed by atoms with Gasteiger partial charge in [0.05, 0.1) is 0 Å². The minimum atomic E-state index is 1.06. The Morgan fingerprint density at radius 2 is 0.909 bits per heavy atom. The zero-order valence-corrected chi connectivity index (χ0v) is 15.7. The summed E-state index contributed by atoms with van der Waals surface area (Å²) in [6.45, 7) is 13.1. The van der Waals surface area contributed by atoms with Gasteiger partial charge < -0.3 is 0 Å². The first-order valence-corrected chi connectivity index (χ1v) is 8.64. The summed E-state index contributed by atoms with van der Waals surface area (Å²) in [4.78, 5) is 0. The van der Waals surface area contributed by atoms with Crippen molar-refractivity contribution in [3.8, 4) is 0 Å². The van der Waals surface area contributed by atoms with Crippen molar-refractivity contribution in [2.75, 3.05) is 0 Å². The molecule has 0 saturated heterocycles. The predicted octanol–water partition coefficient (Wildman–Crippen LogP) is 7.71. The van der Waals surface area contributed by atoms with E-state index in [0.717, 1.165) is 12.8 Å². The minimum Gasteiger partial charge on any atom is -0.0856 e. The number of hydrogen-bond donors (Lipinski definition) is 0. The van der Waals surface area contributed by atoms with Gasteiger partial charge in [0, 0.05) is 0 Å². The highest BCUT2D eigenvalue weighted by molar-refractivity contribution is 5.07. The molecule has 0 atom stereocenters. The molecule has 0 heteroatoms. The maximum Gasteiger partial charge on any atom is -0.0166 e. The quantitative estimate of drug-likeness (QED) is 0.362. The zero-order valence-electron chi connectivity index (χ0n) is 15.7. The SMILES string of the molecule is CC(C)=CCC/C(C)=C/C/C=C/C/C=C(\C)CCC=C(C)C. The van der Waals surface area contributed by atoms with Crippen LogP contribution >= 0.6 is 0 Å². The zero-order chi connectivity index (χ0) is 16.8. The van der Waals surface area contributed by atoms with Gasteiger partial charge in [-0.15, -0.1) is 0 Å². The van der Waals surface area contributed by atoms with Crippen LogP contribution in [0.5, 0.6) is 0 Å². The Balaban J connectivity index is 3.89. The summed E-state index contributed by atoms with van der Waals surface area (Å²) in [6, 6.07) is 0. The van der Waals surface area contributed by atoms with Gasteiger partial charge in [-0.1, -0.05) is 58.7 Å². The molecule has 0 aliphatic rings. The highest BCUT2D eigenvalue weighted by atomic mass is 14.0. The number of allylic oxidation sites excluding steroid dienone is 10. The van der Waals surface area contributed by atoms with Crippen LogP contribution in [0.3, 0.4) is 0 Å². The lowest BCUT2D eigenvalue weighted by Gasteiger charge is -1.98. The molecule has 0 nitrogen and oxygen atoms in total. The standard InChI is InChI=1S/C22H36/c1-19(2)13-11-17-21(5)15-9-7-8-10-16-22(6)18-12-14-20(3)4/h7-8,13-16H,9-12,17-18H2,1-6H3/b8-7+,21-15+,22-16+. The normalized spacial score (nSPS) is 12.6. The summed E-state index contributed by atoms with van der Waals surface area (Å²) in [6.07, 6.45) is 20.7. The molecule has 124 valence electrons. The first-order valence-electron chi connectivity index (χ1n) is 8.64. The summed E-state index contributed by atoms with van der Waals surface area (Å²) < 4.78 is 0. The van der Waals surface area contributed by atoms with Crippen LogP contribution in [0.2, 0.25) is 0 Å². The van der Waals surface area contributed by atoms with E-state index in [1.54, 1.807) is 0 Å². The van der Waals surface area contributed by atoms with E-state index in [-0.39, 0.29) is 0 Å². The summed E-state index contributed by atoms with van der Waals surface area (Å²) in [5.41, 5.74) is 5.82. The van der Waals surface area contributed by atoms with Gasteiger partial charge in [-0.2, -0.15) is 0 Å². The fraction of sp³-hybridized carbons (Fsp3) is 0.545. The second-order valence-corrected chi connectivity index (χ2v) is 6.68. The first-order chi connectivity index (χ1) is 10.4. The Kier molecular flexibility index (Phi) is 12.6. The van der Waals surface area contributed by atoms with Gasteiger partial charge in [0.2, 0.25) is 0 Å². The van der Waals surface area contributed by atoms with Gasteiger partial charge in [0.15, 0.2) is 0 Å². The average molecular weight is 301 g/mol. The van der Waals surface area contributed by atoms with Crippen molar-refractivity contribution < 1.29 is 0 Å². The number of rotatable bonds is 10. The molecule has 0 unspecified atom stereocenters. The second-order valence-electron chi connectivity index (χ2n) is 6.68. The first kappa shape index (κ1) is 20.7. The summed E-state index contributed by atoms with van der Waals surface area (Å²) >= 11 is 0.